The van der Waals surface area contributed by atoms with Gasteiger partial charge in [0.1, 0.15) is 0 Å². The first kappa shape index (κ1) is 13.7. The van der Waals surface area contributed by atoms with Gasteiger partial charge in [-0.25, -0.2) is 4.79 Å². The Morgan fingerprint density at radius 1 is 1.44 bits per heavy atom. The SMILES string of the molecule is COC(=O)c1c(C(C)C)[nH]c2c(Cl)cc(I)cc12. The Balaban J connectivity index is 2.85. The summed E-state index contributed by atoms with van der Waals surface area (Å²) in [4.78, 5) is 15.2. The van der Waals surface area contributed by atoms with Gasteiger partial charge in [-0.05, 0) is 40.6 Å². The molecule has 0 aliphatic heterocycles. The van der Waals surface area contributed by atoms with Crippen molar-refractivity contribution in [1.29, 1.82) is 0 Å². The number of hydrogen-bond acceptors (Lipinski definition) is 2. The third-order valence-electron chi connectivity index (χ3n) is 2.82. The van der Waals surface area contributed by atoms with Crippen LogP contribution in [0.15, 0.2) is 12.1 Å². The van der Waals surface area contributed by atoms with Crippen molar-refractivity contribution in [3.63, 3.8) is 0 Å². The van der Waals surface area contributed by atoms with Crippen LogP contribution < -0.4 is 0 Å². The van der Waals surface area contributed by atoms with Crippen LogP contribution in [0.1, 0.15) is 35.8 Å². The van der Waals surface area contributed by atoms with Crippen LogP contribution in [-0.2, 0) is 4.74 Å². The van der Waals surface area contributed by atoms with Gasteiger partial charge >= 0.3 is 5.97 Å². The topological polar surface area (TPSA) is 42.1 Å². The van der Waals surface area contributed by atoms with Gasteiger partial charge in [0.25, 0.3) is 0 Å². The molecule has 2 rings (SSSR count). The molecule has 96 valence electrons. The number of rotatable bonds is 2. The molecule has 0 bridgehead atoms. The van der Waals surface area contributed by atoms with Gasteiger partial charge in [0.2, 0.25) is 0 Å². The van der Waals surface area contributed by atoms with Crippen LogP contribution in [0.2, 0.25) is 5.02 Å². The minimum atomic E-state index is -0.331. The normalized spacial score (nSPS) is 11.2. The summed E-state index contributed by atoms with van der Waals surface area (Å²) >= 11 is 8.39. The zero-order valence-corrected chi connectivity index (χ0v) is 13.2. The lowest BCUT2D eigenvalue weighted by Crippen LogP contribution is -2.05. The molecule has 2 aromatic rings. The van der Waals surface area contributed by atoms with Crippen molar-refractivity contribution in [2.24, 2.45) is 0 Å². The summed E-state index contributed by atoms with van der Waals surface area (Å²) in [6.07, 6.45) is 0. The number of carbonyl (C=O) groups is 1. The average Bonchev–Trinajstić information content (AvgIpc) is 2.67. The van der Waals surface area contributed by atoms with Crippen LogP contribution in [0.5, 0.6) is 0 Å². The zero-order chi connectivity index (χ0) is 13.4. The number of aromatic amines is 1. The summed E-state index contributed by atoms with van der Waals surface area (Å²) in [5, 5.41) is 1.44. The quantitative estimate of drug-likeness (QED) is 0.625. The van der Waals surface area contributed by atoms with Crippen molar-refractivity contribution < 1.29 is 9.53 Å². The van der Waals surface area contributed by atoms with Crippen molar-refractivity contribution in [2.45, 2.75) is 19.8 Å². The Kier molecular flexibility index (Phi) is 3.87. The largest absolute Gasteiger partial charge is 0.465 e. The first-order chi connectivity index (χ1) is 8.45. The first-order valence-electron chi connectivity index (χ1n) is 5.54. The highest BCUT2D eigenvalue weighted by molar-refractivity contribution is 14.1. The van der Waals surface area contributed by atoms with Crippen LogP contribution >= 0.6 is 34.2 Å². The maximum atomic E-state index is 11.9. The van der Waals surface area contributed by atoms with Crippen LogP contribution in [0.3, 0.4) is 0 Å². The average molecular weight is 378 g/mol. The van der Waals surface area contributed by atoms with E-state index in [0.717, 1.165) is 20.2 Å². The van der Waals surface area contributed by atoms with E-state index in [4.69, 9.17) is 16.3 Å². The predicted octanol–water partition coefficient (Wildman–Crippen LogP) is 4.34. The number of benzene rings is 1. The molecule has 18 heavy (non-hydrogen) atoms. The lowest BCUT2D eigenvalue weighted by molar-refractivity contribution is 0.0601. The van der Waals surface area contributed by atoms with Crippen LogP contribution in [-0.4, -0.2) is 18.1 Å². The Bertz CT molecular complexity index is 619. The summed E-state index contributed by atoms with van der Waals surface area (Å²) in [6, 6.07) is 3.81. The highest BCUT2D eigenvalue weighted by Crippen LogP contribution is 2.33. The van der Waals surface area contributed by atoms with Crippen LogP contribution in [0.25, 0.3) is 10.9 Å². The van der Waals surface area contributed by atoms with Gasteiger partial charge in [-0.2, -0.15) is 0 Å². The Morgan fingerprint density at radius 3 is 2.67 bits per heavy atom. The number of nitrogens with one attached hydrogen (secondary N) is 1. The maximum Gasteiger partial charge on any atom is 0.340 e. The van der Waals surface area contributed by atoms with E-state index in [9.17, 15) is 4.79 Å². The van der Waals surface area contributed by atoms with Crippen LogP contribution in [0, 0.1) is 3.57 Å². The molecule has 1 aromatic heterocycles. The number of aromatic nitrogens is 1. The van der Waals surface area contributed by atoms with Gasteiger partial charge in [0.15, 0.2) is 0 Å². The van der Waals surface area contributed by atoms with E-state index in [1.807, 2.05) is 26.0 Å². The van der Waals surface area contributed by atoms with E-state index < -0.39 is 0 Å². The number of H-pyrrole nitrogens is 1. The number of ether oxygens (including phenoxy) is 1. The van der Waals surface area contributed by atoms with Crippen molar-refractivity contribution in [3.05, 3.63) is 32.0 Å². The molecule has 0 fully saturated rings. The van der Waals surface area contributed by atoms with Crippen LogP contribution in [0.4, 0.5) is 0 Å². The zero-order valence-electron chi connectivity index (χ0n) is 10.3. The van der Waals surface area contributed by atoms with E-state index in [0.29, 0.717) is 10.6 Å². The molecule has 0 spiro atoms. The predicted molar refractivity (Wildman–Crippen MR) is 81.5 cm³/mol. The summed E-state index contributed by atoms with van der Waals surface area (Å²) < 4.78 is 5.86. The molecule has 0 aliphatic carbocycles. The Morgan fingerprint density at radius 2 is 2.11 bits per heavy atom. The molecule has 1 heterocycles. The molecule has 0 saturated heterocycles. The van der Waals surface area contributed by atoms with Crippen molar-refractivity contribution in [1.82, 2.24) is 4.98 Å². The van der Waals surface area contributed by atoms with E-state index >= 15 is 0 Å². The summed E-state index contributed by atoms with van der Waals surface area (Å²) in [5.41, 5.74) is 2.24. The molecule has 0 radical (unpaired) electrons. The van der Waals surface area contributed by atoms with E-state index in [2.05, 4.69) is 27.6 Å². The molecule has 0 amide bonds. The number of esters is 1. The standard InChI is InChI=1S/C13H13ClINO2/c1-6(2)11-10(13(17)18-3)8-4-7(15)5-9(14)12(8)16-11/h4-6,16H,1-3H3. The third-order valence-corrected chi connectivity index (χ3v) is 3.74. The summed E-state index contributed by atoms with van der Waals surface area (Å²) in [6.45, 7) is 4.05. The highest BCUT2D eigenvalue weighted by Gasteiger charge is 2.22. The smallest absolute Gasteiger partial charge is 0.340 e. The maximum absolute atomic E-state index is 11.9. The van der Waals surface area contributed by atoms with Crippen molar-refractivity contribution in [2.75, 3.05) is 7.11 Å². The fraction of sp³-hybridized carbons (Fsp3) is 0.308. The summed E-state index contributed by atoms with van der Waals surface area (Å²) in [5.74, 6) is -0.136. The van der Waals surface area contributed by atoms with Gasteiger partial charge < -0.3 is 9.72 Å². The Labute approximate surface area is 124 Å². The van der Waals surface area contributed by atoms with Gasteiger partial charge in [-0.3, -0.25) is 0 Å². The van der Waals surface area contributed by atoms with E-state index in [1.54, 1.807) is 0 Å². The lowest BCUT2D eigenvalue weighted by Gasteiger charge is -2.05. The number of halogens is 2. The van der Waals surface area contributed by atoms with Crippen molar-refractivity contribution >= 4 is 51.1 Å². The number of carbonyl (C=O) groups excluding carboxylic acids is 1. The second-order valence-electron chi connectivity index (χ2n) is 4.37. The number of fused-ring (bicyclic) bond motifs is 1. The second-order valence-corrected chi connectivity index (χ2v) is 6.02. The molecule has 0 unspecified atom stereocenters. The van der Waals surface area contributed by atoms with Gasteiger partial charge in [0, 0.05) is 14.7 Å². The molecular weight excluding hydrogens is 365 g/mol. The van der Waals surface area contributed by atoms with E-state index in [1.165, 1.54) is 7.11 Å². The molecule has 0 aliphatic rings. The van der Waals surface area contributed by atoms with Crippen molar-refractivity contribution in [3.8, 4) is 0 Å². The first-order valence-corrected chi connectivity index (χ1v) is 7.00. The van der Waals surface area contributed by atoms with Gasteiger partial charge in [-0.1, -0.05) is 25.4 Å². The fourth-order valence-electron chi connectivity index (χ4n) is 2.00. The summed E-state index contributed by atoms with van der Waals surface area (Å²) in [7, 11) is 1.39. The third kappa shape index (κ3) is 2.23. The molecule has 0 atom stereocenters. The monoisotopic (exact) mass is 377 g/mol. The molecule has 5 heteroatoms. The fourth-order valence-corrected chi connectivity index (χ4v) is 3.07. The molecular formula is C13H13ClINO2. The van der Waals surface area contributed by atoms with Gasteiger partial charge in [-0.15, -0.1) is 0 Å². The molecule has 1 N–H and O–H groups in total. The lowest BCUT2D eigenvalue weighted by atomic mass is 10.0. The van der Waals surface area contributed by atoms with Gasteiger partial charge in [0.05, 0.1) is 23.2 Å². The minimum absolute atomic E-state index is 0.195. The number of methoxy groups -OCH3 is 1. The Hall–Kier alpha value is -0.750. The molecule has 3 nitrogen and oxygen atoms in total. The molecule has 1 aromatic carbocycles. The minimum Gasteiger partial charge on any atom is -0.465 e. The highest BCUT2D eigenvalue weighted by atomic mass is 127. The second kappa shape index (κ2) is 5.09. The van der Waals surface area contributed by atoms with E-state index in [-0.39, 0.29) is 11.9 Å². The molecule has 0 saturated carbocycles. The number of hydrogen-bond donors (Lipinski definition) is 1.